The maximum Gasteiger partial charge on any atom is 0.213 e. The lowest BCUT2D eigenvalue weighted by Gasteiger charge is -2.15. The number of hydrogen-bond acceptors (Lipinski definition) is 3. The Kier molecular flexibility index (Phi) is 5.89. The first-order valence-corrected chi connectivity index (χ1v) is 8.81. The molecule has 0 heterocycles. The molecule has 0 aliphatic heterocycles. The number of halogens is 1. The van der Waals surface area contributed by atoms with Crippen LogP contribution in [-0.2, 0) is 14.8 Å². The van der Waals surface area contributed by atoms with Gasteiger partial charge < -0.3 is 4.74 Å². The Bertz CT molecular complexity index is 326. The van der Waals surface area contributed by atoms with Gasteiger partial charge in [0.1, 0.15) is 0 Å². The molecular formula is C11H22BrNO3S. The Morgan fingerprint density at radius 2 is 2.06 bits per heavy atom. The van der Waals surface area contributed by atoms with Crippen molar-refractivity contribution in [2.45, 2.75) is 39.2 Å². The number of hydrogen-bond donors (Lipinski definition) is 1. The smallest absolute Gasteiger partial charge is 0.213 e. The lowest BCUT2D eigenvalue weighted by atomic mass is 10.1. The lowest BCUT2D eigenvalue weighted by Crippen LogP contribution is -2.33. The summed E-state index contributed by atoms with van der Waals surface area (Å²) in [5.74, 6) is 0.0512. The third kappa shape index (κ3) is 6.18. The molecule has 0 saturated heterocycles. The van der Waals surface area contributed by atoms with Crippen molar-refractivity contribution in [1.29, 1.82) is 0 Å². The maximum atomic E-state index is 11.7. The molecule has 0 bridgehead atoms. The first kappa shape index (κ1) is 15.4. The van der Waals surface area contributed by atoms with E-state index in [1.165, 1.54) is 0 Å². The van der Waals surface area contributed by atoms with Crippen LogP contribution in [0.2, 0.25) is 0 Å². The van der Waals surface area contributed by atoms with E-state index < -0.39 is 10.0 Å². The van der Waals surface area contributed by atoms with Crippen molar-refractivity contribution in [2.24, 2.45) is 5.41 Å². The third-order valence-corrected chi connectivity index (χ3v) is 4.74. The molecule has 0 aromatic heterocycles. The van der Waals surface area contributed by atoms with Gasteiger partial charge in [-0.15, -0.1) is 0 Å². The van der Waals surface area contributed by atoms with Gasteiger partial charge in [0.15, 0.2) is 0 Å². The monoisotopic (exact) mass is 327 g/mol. The maximum absolute atomic E-state index is 11.7. The molecule has 1 aliphatic carbocycles. The van der Waals surface area contributed by atoms with Crippen molar-refractivity contribution in [3.05, 3.63) is 0 Å². The van der Waals surface area contributed by atoms with Crippen LogP contribution in [0, 0.1) is 5.41 Å². The highest BCUT2D eigenvalue weighted by molar-refractivity contribution is 9.09. The second-order valence-electron chi connectivity index (χ2n) is 5.00. The molecule has 0 aromatic rings. The number of ether oxygens (including phenoxy) is 1. The molecule has 102 valence electrons. The van der Waals surface area contributed by atoms with Gasteiger partial charge in [-0.05, 0) is 38.5 Å². The predicted octanol–water partition coefficient (Wildman–Crippen LogP) is 1.90. The normalized spacial score (nSPS) is 18.6. The zero-order valence-electron chi connectivity index (χ0n) is 10.5. The number of sulfonamides is 1. The largest absolute Gasteiger partial charge is 0.378 e. The van der Waals surface area contributed by atoms with Gasteiger partial charge in [-0.3, -0.25) is 0 Å². The average molecular weight is 328 g/mol. The topological polar surface area (TPSA) is 55.4 Å². The molecule has 1 saturated carbocycles. The molecule has 1 fully saturated rings. The molecule has 0 spiro atoms. The molecule has 0 amide bonds. The second kappa shape index (κ2) is 6.50. The molecule has 17 heavy (non-hydrogen) atoms. The van der Waals surface area contributed by atoms with Crippen LogP contribution in [0.4, 0.5) is 0 Å². The fourth-order valence-corrected chi connectivity index (χ4v) is 3.45. The van der Waals surface area contributed by atoms with Gasteiger partial charge in [0, 0.05) is 11.9 Å². The van der Waals surface area contributed by atoms with Gasteiger partial charge in [-0.1, -0.05) is 15.9 Å². The molecule has 6 heteroatoms. The highest BCUT2D eigenvalue weighted by Crippen LogP contribution is 2.48. The zero-order chi connectivity index (χ0) is 12.9. The summed E-state index contributed by atoms with van der Waals surface area (Å²) in [6.07, 6.45) is 3.37. The molecule has 0 radical (unpaired) electrons. The van der Waals surface area contributed by atoms with Crippen LogP contribution < -0.4 is 4.72 Å². The summed E-state index contributed by atoms with van der Waals surface area (Å²) in [6.45, 7) is 4.63. The van der Waals surface area contributed by atoms with Gasteiger partial charge in [-0.25, -0.2) is 13.1 Å². The Morgan fingerprint density at radius 3 is 2.53 bits per heavy atom. The molecular weight excluding hydrogens is 306 g/mol. The lowest BCUT2D eigenvalue weighted by molar-refractivity contribution is 0.0911. The number of rotatable bonds is 9. The number of alkyl halides is 1. The minimum atomic E-state index is -3.18. The molecule has 0 unspecified atom stereocenters. The van der Waals surface area contributed by atoms with Crippen LogP contribution in [0.3, 0.4) is 0 Å². The quantitative estimate of drug-likeness (QED) is 0.658. The Hall–Kier alpha value is 0.350. The third-order valence-electron chi connectivity index (χ3n) is 3.05. The Labute approximate surface area is 113 Å². The minimum Gasteiger partial charge on any atom is -0.378 e. The SMILES string of the molecule is CC(C)OCCS(=O)(=O)NCC1(CCBr)CC1. The zero-order valence-corrected chi connectivity index (χ0v) is 12.9. The van der Waals surface area contributed by atoms with Crippen LogP contribution in [0.5, 0.6) is 0 Å². The van der Waals surface area contributed by atoms with Gasteiger partial charge in [0.05, 0.1) is 18.5 Å². The van der Waals surface area contributed by atoms with Crippen LogP contribution in [0.1, 0.15) is 33.1 Å². The molecule has 1 N–H and O–H groups in total. The van der Waals surface area contributed by atoms with Gasteiger partial charge in [0.25, 0.3) is 0 Å². The van der Waals surface area contributed by atoms with Crippen molar-refractivity contribution < 1.29 is 13.2 Å². The van der Waals surface area contributed by atoms with Crippen molar-refractivity contribution in [3.8, 4) is 0 Å². The van der Waals surface area contributed by atoms with Crippen LogP contribution >= 0.6 is 15.9 Å². The van der Waals surface area contributed by atoms with E-state index in [2.05, 4.69) is 20.7 Å². The van der Waals surface area contributed by atoms with E-state index in [-0.39, 0.29) is 23.9 Å². The Balaban J connectivity index is 2.25. The molecule has 0 atom stereocenters. The first-order valence-electron chi connectivity index (χ1n) is 6.04. The Morgan fingerprint density at radius 1 is 1.41 bits per heavy atom. The van der Waals surface area contributed by atoms with Crippen LogP contribution in [0.25, 0.3) is 0 Å². The molecule has 4 nitrogen and oxygen atoms in total. The summed E-state index contributed by atoms with van der Waals surface area (Å²) in [5.41, 5.74) is 0.218. The van der Waals surface area contributed by atoms with E-state index in [0.717, 1.165) is 24.6 Å². The van der Waals surface area contributed by atoms with Gasteiger partial charge >= 0.3 is 0 Å². The van der Waals surface area contributed by atoms with E-state index in [9.17, 15) is 8.42 Å². The summed E-state index contributed by atoms with van der Waals surface area (Å²) in [4.78, 5) is 0. The van der Waals surface area contributed by atoms with Crippen molar-refractivity contribution >= 4 is 26.0 Å². The van der Waals surface area contributed by atoms with Crippen LogP contribution in [0.15, 0.2) is 0 Å². The first-order chi connectivity index (χ1) is 7.89. The van der Waals surface area contributed by atoms with Crippen LogP contribution in [-0.4, -0.2) is 38.8 Å². The highest BCUT2D eigenvalue weighted by atomic mass is 79.9. The predicted molar refractivity (Wildman–Crippen MR) is 73.0 cm³/mol. The summed E-state index contributed by atoms with van der Waals surface area (Å²) in [7, 11) is -3.18. The summed E-state index contributed by atoms with van der Waals surface area (Å²) < 4.78 is 31.3. The van der Waals surface area contributed by atoms with Crippen molar-refractivity contribution in [2.75, 3.05) is 24.2 Å². The highest BCUT2D eigenvalue weighted by Gasteiger charge is 2.42. The molecule has 1 aliphatic rings. The fraction of sp³-hybridized carbons (Fsp3) is 1.00. The number of nitrogens with one attached hydrogen (secondary N) is 1. The van der Waals surface area contributed by atoms with Crippen molar-refractivity contribution in [3.63, 3.8) is 0 Å². The van der Waals surface area contributed by atoms with Crippen molar-refractivity contribution in [1.82, 2.24) is 4.72 Å². The summed E-state index contributed by atoms with van der Waals surface area (Å²) in [6, 6.07) is 0. The average Bonchev–Trinajstić information content (AvgIpc) is 2.96. The molecule has 0 aromatic carbocycles. The van der Waals surface area contributed by atoms with E-state index in [1.807, 2.05) is 13.8 Å². The van der Waals surface area contributed by atoms with E-state index >= 15 is 0 Å². The summed E-state index contributed by atoms with van der Waals surface area (Å²) >= 11 is 3.41. The molecule has 1 rings (SSSR count). The minimum absolute atomic E-state index is 0.0512. The second-order valence-corrected chi connectivity index (χ2v) is 7.72. The van der Waals surface area contributed by atoms with Gasteiger partial charge in [-0.2, -0.15) is 0 Å². The van der Waals surface area contributed by atoms with E-state index in [0.29, 0.717) is 6.54 Å². The summed E-state index contributed by atoms with van der Waals surface area (Å²) in [5, 5.41) is 0.936. The van der Waals surface area contributed by atoms with E-state index in [4.69, 9.17) is 4.74 Å². The fourth-order valence-electron chi connectivity index (χ4n) is 1.62. The van der Waals surface area contributed by atoms with Gasteiger partial charge in [0.2, 0.25) is 10.0 Å². The van der Waals surface area contributed by atoms with E-state index in [1.54, 1.807) is 0 Å². The standard InChI is InChI=1S/C11H22BrNO3S/c1-10(2)16-7-8-17(14,15)13-9-11(3-4-11)5-6-12/h10,13H,3-9H2,1-2H3.